The molecule has 1 aromatic carbocycles. The van der Waals surface area contributed by atoms with Gasteiger partial charge in [0.15, 0.2) is 0 Å². The Morgan fingerprint density at radius 3 is 3.04 bits per heavy atom. The minimum Gasteiger partial charge on any atom is -0.462 e. The second kappa shape index (κ2) is 5.94. The number of benzene rings is 1. The molecule has 0 radical (unpaired) electrons. The zero-order chi connectivity index (χ0) is 16.7. The number of carbonyl (C=O) groups is 2. The van der Waals surface area contributed by atoms with Crippen LogP contribution in [0.5, 0.6) is 0 Å². The molecule has 6 heteroatoms. The van der Waals surface area contributed by atoms with Gasteiger partial charge in [-0.1, -0.05) is 18.2 Å². The Kier molecular flexibility index (Phi) is 3.76. The van der Waals surface area contributed by atoms with Gasteiger partial charge < -0.3 is 14.8 Å². The predicted molar refractivity (Wildman–Crippen MR) is 90.5 cm³/mol. The Bertz CT molecular complexity index is 826. The Hall–Kier alpha value is -2.34. The first kappa shape index (κ1) is 15.2. The first-order valence-electron chi connectivity index (χ1n) is 8.07. The molecule has 0 bridgehead atoms. The van der Waals surface area contributed by atoms with E-state index in [0.717, 1.165) is 35.4 Å². The number of hydrogen-bond donors (Lipinski definition) is 1. The third-order valence-corrected chi connectivity index (χ3v) is 5.57. The number of cyclic esters (lactones) is 1. The van der Waals surface area contributed by atoms with E-state index in [4.69, 9.17) is 9.47 Å². The summed E-state index contributed by atoms with van der Waals surface area (Å²) in [5.74, 6) is -0.651. The van der Waals surface area contributed by atoms with Crippen molar-refractivity contribution in [3.63, 3.8) is 0 Å². The van der Waals surface area contributed by atoms with Gasteiger partial charge in [0.2, 0.25) is 6.23 Å². The number of rotatable bonds is 4. The zero-order valence-electron chi connectivity index (χ0n) is 13.3. The average molecular weight is 343 g/mol. The molecule has 1 aromatic heterocycles. The van der Waals surface area contributed by atoms with Crippen LogP contribution < -0.4 is 5.32 Å². The molecule has 124 valence electrons. The molecule has 0 fully saturated rings. The molecular weight excluding hydrogens is 326 g/mol. The molecule has 1 N–H and O–H groups in total. The van der Waals surface area contributed by atoms with Crippen molar-refractivity contribution in [2.45, 2.75) is 32.4 Å². The molecule has 1 aliphatic carbocycles. The maximum absolute atomic E-state index is 12.4. The molecule has 5 nitrogen and oxygen atoms in total. The first-order chi connectivity index (χ1) is 11.7. The van der Waals surface area contributed by atoms with Gasteiger partial charge in [0.25, 0.3) is 0 Å². The van der Waals surface area contributed by atoms with Gasteiger partial charge in [-0.3, -0.25) is 0 Å². The third-order valence-electron chi connectivity index (χ3n) is 4.35. The molecule has 0 amide bonds. The van der Waals surface area contributed by atoms with Gasteiger partial charge >= 0.3 is 11.9 Å². The molecule has 1 aliphatic heterocycles. The number of anilines is 1. The fourth-order valence-corrected chi connectivity index (χ4v) is 4.59. The highest BCUT2D eigenvalue weighted by Gasteiger charge is 2.34. The van der Waals surface area contributed by atoms with Gasteiger partial charge in [-0.05, 0) is 37.8 Å². The van der Waals surface area contributed by atoms with Crippen LogP contribution in [-0.2, 0) is 22.3 Å². The topological polar surface area (TPSA) is 64.6 Å². The van der Waals surface area contributed by atoms with Crippen molar-refractivity contribution in [1.29, 1.82) is 0 Å². The molecule has 0 saturated carbocycles. The molecule has 4 rings (SSSR count). The maximum atomic E-state index is 12.4. The van der Waals surface area contributed by atoms with Crippen LogP contribution in [0.4, 0.5) is 5.00 Å². The number of hydrogen-bond acceptors (Lipinski definition) is 6. The lowest BCUT2D eigenvalue weighted by Gasteiger charge is -2.14. The van der Waals surface area contributed by atoms with Gasteiger partial charge in [0, 0.05) is 10.4 Å². The lowest BCUT2D eigenvalue weighted by atomic mass is 10.1. The SMILES string of the molecule is CCOC(=O)c1c(N[C@H]2OC(=O)c3ccccc32)sc2c1CCC2. The van der Waals surface area contributed by atoms with Crippen LogP contribution in [0.3, 0.4) is 0 Å². The van der Waals surface area contributed by atoms with Crippen molar-refractivity contribution >= 4 is 28.3 Å². The van der Waals surface area contributed by atoms with Crippen LogP contribution >= 0.6 is 11.3 Å². The van der Waals surface area contributed by atoms with Crippen molar-refractivity contribution in [2.75, 3.05) is 11.9 Å². The summed E-state index contributed by atoms with van der Waals surface area (Å²) in [4.78, 5) is 25.6. The zero-order valence-corrected chi connectivity index (χ0v) is 14.1. The molecule has 0 spiro atoms. The monoisotopic (exact) mass is 343 g/mol. The summed E-state index contributed by atoms with van der Waals surface area (Å²) in [7, 11) is 0. The van der Waals surface area contributed by atoms with Crippen molar-refractivity contribution in [2.24, 2.45) is 0 Å². The van der Waals surface area contributed by atoms with Crippen molar-refractivity contribution in [1.82, 2.24) is 0 Å². The third kappa shape index (κ3) is 2.38. The van der Waals surface area contributed by atoms with E-state index in [2.05, 4.69) is 5.32 Å². The largest absolute Gasteiger partial charge is 0.462 e. The molecule has 0 saturated heterocycles. The van der Waals surface area contributed by atoms with Crippen LogP contribution in [0.1, 0.15) is 56.3 Å². The van der Waals surface area contributed by atoms with Gasteiger partial charge in [0.05, 0.1) is 17.7 Å². The molecule has 2 heterocycles. The summed E-state index contributed by atoms with van der Waals surface area (Å²) >= 11 is 1.56. The van der Waals surface area contributed by atoms with E-state index in [0.29, 0.717) is 17.7 Å². The lowest BCUT2D eigenvalue weighted by molar-refractivity contribution is 0.0437. The minimum atomic E-state index is -0.569. The molecule has 2 aromatic rings. The molecular formula is C18H17NO4S. The number of nitrogens with one attached hydrogen (secondary N) is 1. The van der Waals surface area contributed by atoms with E-state index in [1.54, 1.807) is 24.3 Å². The maximum Gasteiger partial charge on any atom is 0.341 e. The molecule has 24 heavy (non-hydrogen) atoms. The van der Waals surface area contributed by atoms with Gasteiger partial charge in [-0.2, -0.15) is 0 Å². The second-order valence-electron chi connectivity index (χ2n) is 5.80. The highest BCUT2D eigenvalue weighted by Crippen LogP contribution is 2.42. The normalized spacial score (nSPS) is 18.0. The Morgan fingerprint density at radius 2 is 2.21 bits per heavy atom. The van der Waals surface area contributed by atoms with E-state index < -0.39 is 6.23 Å². The number of fused-ring (bicyclic) bond motifs is 2. The standard InChI is InChI=1S/C18H17NO4S/c1-2-22-18(21)14-12-8-5-9-13(12)24-16(14)19-15-10-6-3-4-7-11(10)17(20)23-15/h3-4,6-7,15,19H,2,5,8-9H2,1H3/t15-/m0/s1. The van der Waals surface area contributed by atoms with E-state index in [1.807, 2.05) is 18.2 Å². The summed E-state index contributed by atoms with van der Waals surface area (Å²) in [6.07, 6.45) is 2.37. The Morgan fingerprint density at radius 1 is 1.38 bits per heavy atom. The molecule has 1 atom stereocenters. The molecule has 2 aliphatic rings. The first-order valence-corrected chi connectivity index (χ1v) is 8.88. The summed E-state index contributed by atoms with van der Waals surface area (Å²) < 4.78 is 10.7. The van der Waals surface area contributed by atoms with Gasteiger partial charge in [-0.25, -0.2) is 9.59 Å². The smallest absolute Gasteiger partial charge is 0.341 e. The minimum absolute atomic E-state index is 0.308. The quantitative estimate of drug-likeness (QED) is 0.858. The Labute approximate surface area is 143 Å². The van der Waals surface area contributed by atoms with Crippen LogP contribution in [0, 0.1) is 0 Å². The van der Waals surface area contributed by atoms with Gasteiger partial charge in [-0.15, -0.1) is 11.3 Å². The van der Waals surface area contributed by atoms with Crippen LogP contribution in [-0.4, -0.2) is 18.5 Å². The highest BCUT2D eigenvalue weighted by molar-refractivity contribution is 7.16. The Balaban J connectivity index is 1.69. The van der Waals surface area contributed by atoms with Crippen LogP contribution in [0.25, 0.3) is 0 Å². The fraction of sp³-hybridized carbons (Fsp3) is 0.333. The number of ether oxygens (including phenoxy) is 2. The summed E-state index contributed by atoms with van der Waals surface area (Å²) in [5.41, 5.74) is 3.05. The lowest BCUT2D eigenvalue weighted by Crippen LogP contribution is -2.14. The van der Waals surface area contributed by atoms with Crippen molar-refractivity contribution in [3.8, 4) is 0 Å². The number of carbonyl (C=O) groups excluding carboxylic acids is 2. The highest BCUT2D eigenvalue weighted by atomic mass is 32.1. The van der Waals surface area contributed by atoms with E-state index in [9.17, 15) is 9.59 Å². The second-order valence-corrected chi connectivity index (χ2v) is 6.90. The predicted octanol–water partition coefficient (Wildman–Crippen LogP) is 3.69. The average Bonchev–Trinajstić information content (AvgIpc) is 3.22. The van der Waals surface area contributed by atoms with E-state index >= 15 is 0 Å². The summed E-state index contributed by atoms with van der Waals surface area (Å²) in [6.45, 7) is 2.14. The van der Waals surface area contributed by atoms with E-state index in [-0.39, 0.29) is 11.9 Å². The van der Waals surface area contributed by atoms with E-state index in [1.165, 1.54) is 4.88 Å². The summed E-state index contributed by atoms with van der Waals surface area (Å²) in [5, 5.41) is 3.97. The summed E-state index contributed by atoms with van der Waals surface area (Å²) in [6, 6.07) is 7.30. The van der Waals surface area contributed by atoms with Crippen LogP contribution in [0.2, 0.25) is 0 Å². The number of esters is 2. The molecule has 0 unspecified atom stereocenters. The van der Waals surface area contributed by atoms with Crippen molar-refractivity contribution < 1.29 is 19.1 Å². The number of thiophene rings is 1. The fourth-order valence-electron chi connectivity index (χ4n) is 3.30. The van der Waals surface area contributed by atoms with Gasteiger partial charge in [0.1, 0.15) is 5.00 Å². The van der Waals surface area contributed by atoms with Crippen LogP contribution in [0.15, 0.2) is 24.3 Å². The number of aryl methyl sites for hydroxylation is 1. The van der Waals surface area contributed by atoms with Crippen molar-refractivity contribution in [3.05, 3.63) is 51.4 Å².